The molecule has 3 aliphatic rings. The Morgan fingerprint density at radius 3 is 1.24 bits per heavy atom. The Bertz CT molecular complexity index is 2960. The van der Waals surface area contributed by atoms with Crippen LogP contribution < -0.4 is 14.4 Å². The van der Waals surface area contributed by atoms with Gasteiger partial charge in [-0.1, -0.05) is 152 Å². The van der Waals surface area contributed by atoms with E-state index in [-0.39, 0.29) is 0 Å². The topological polar surface area (TPSA) is 21.7 Å². The van der Waals surface area contributed by atoms with Gasteiger partial charge >= 0.3 is 0 Å². The quantitative estimate of drug-likeness (QED) is 0.175. The van der Waals surface area contributed by atoms with E-state index in [1.807, 2.05) is 6.07 Å². The standard InChI is InChI=1S/C55H35NO2/c1-3-13-40(14-4-1)56(41-15-5-2-6-16-41)42-30-27-37(28-31-42)36-23-25-38(26-24-36)39-29-32-51-52(33-39)58-53-34-46-45-19-9-12-22-49(45)55(50(46)35-54(53)57-51)47-20-10-7-17-43(47)44-18-8-11-21-48(44)55/h1-35H. The van der Waals surface area contributed by atoms with Crippen molar-refractivity contribution >= 4 is 17.1 Å². The van der Waals surface area contributed by atoms with Crippen LogP contribution in [-0.2, 0) is 5.41 Å². The molecule has 0 radical (unpaired) electrons. The van der Waals surface area contributed by atoms with Gasteiger partial charge in [-0.05, 0) is 127 Å². The average Bonchev–Trinajstić information content (AvgIpc) is 3.75. The number of anilines is 3. The predicted octanol–water partition coefficient (Wildman–Crippen LogP) is 14.7. The van der Waals surface area contributed by atoms with E-state index >= 15 is 0 Å². The van der Waals surface area contributed by atoms with E-state index in [4.69, 9.17) is 9.47 Å². The van der Waals surface area contributed by atoms with Gasteiger partial charge in [-0.2, -0.15) is 0 Å². The van der Waals surface area contributed by atoms with Gasteiger partial charge in [-0.3, -0.25) is 0 Å². The monoisotopic (exact) mass is 741 g/mol. The van der Waals surface area contributed by atoms with Crippen molar-refractivity contribution in [1.82, 2.24) is 0 Å². The maximum Gasteiger partial charge on any atom is 0.170 e. The Kier molecular flexibility index (Phi) is 7.14. The summed E-state index contributed by atoms with van der Waals surface area (Å²) < 4.78 is 13.4. The summed E-state index contributed by atoms with van der Waals surface area (Å²) in [5.41, 5.74) is 17.6. The van der Waals surface area contributed by atoms with E-state index in [1.165, 1.54) is 44.5 Å². The van der Waals surface area contributed by atoms with Crippen LogP contribution in [0.2, 0.25) is 0 Å². The third kappa shape index (κ3) is 4.80. The number of ether oxygens (including phenoxy) is 2. The number of hydrogen-bond donors (Lipinski definition) is 0. The van der Waals surface area contributed by atoms with E-state index in [0.29, 0.717) is 11.5 Å². The molecule has 0 fully saturated rings. The van der Waals surface area contributed by atoms with Crippen molar-refractivity contribution in [2.24, 2.45) is 0 Å². The average molecular weight is 742 g/mol. The van der Waals surface area contributed by atoms with Gasteiger partial charge < -0.3 is 14.4 Å². The fourth-order valence-electron chi connectivity index (χ4n) is 9.61. The zero-order chi connectivity index (χ0) is 38.2. The van der Waals surface area contributed by atoms with E-state index in [1.54, 1.807) is 0 Å². The van der Waals surface area contributed by atoms with Crippen molar-refractivity contribution in [3.05, 3.63) is 235 Å². The molecule has 9 aromatic rings. The van der Waals surface area contributed by atoms with Crippen LogP contribution in [0.5, 0.6) is 23.0 Å². The minimum Gasteiger partial charge on any atom is -0.450 e. The number of para-hydroxylation sites is 2. The summed E-state index contributed by atoms with van der Waals surface area (Å²) in [5.74, 6) is 2.89. The lowest BCUT2D eigenvalue weighted by Crippen LogP contribution is -2.25. The van der Waals surface area contributed by atoms with E-state index < -0.39 is 5.41 Å². The Morgan fingerprint density at radius 2 is 0.672 bits per heavy atom. The summed E-state index contributed by atoms with van der Waals surface area (Å²) in [4.78, 5) is 2.28. The maximum atomic E-state index is 6.73. The van der Waals surface area contributed by atoms with Gasteiger partial charge in [0.2, 0.25) is 0 Å². The Labute approximate surface area is 337 Å². The molecular formula is C55H35NO2. The predicted molar refractivity (Wildman–Crippen MR) is 235 cm³/mol. The SMILES string of the molecule is c1ccc(N(c2ccccc2)c2ccc(-c3ccc(-c4ccc5c(c4)Oc4cc6c(cc4O5)C4(c5ccccc5-c5ccccc54)c4ccccc4-6)cc3)cc2)cc1. The van der Waals surface area contributed by atoms with E-state index in [9.17, 15) is 0 Å². The van der Waals surface area contributed by atoms with Gasteiger partial charge in [0.05, 0.1) is 5.41 Å². The summed E-state index contributed by atoms with van der Waals surface area (Å²) in [6.07, 6.45) is 0. The molecule has 0 bridgehead atoms. The smallest absolute Gasteiger partial charge is 0.170 e. The first kappa shape index (κ1) is 32.6. The number of fused-ring (bicyclic) bond motifs is 12. The summed E-state index contributed by atoms with van der Waals surface area (Å²) in [7, 11) is 0. The molecule has 9 aromatic carbocycles. The number of rotatable bonds is 5. The molecule has 3 nitrogen and oxygen atoms in total. The molecule has 0 aromatic heterocycles. The molecular weight excluding hydrogens is 707 g/mol. The van der Waals surface area contributed by atoms with Crippen molar-refractivity contribution in [1.29, 1.82) is 0 Å². The van der Waals surface area contributed by atoms with Crippen LogP contribution in [0.3, 0.4) is 0 Å². The molecule has 0 saturated heterocycles. The lowest BCUT2D eigenvalue weighted by atomic mass is 9.70. The van der Waals surface area contributed by atoms with Gasteiger partial charge in [0.25, 0.3) is 0 Å². The van der Waals surface area contributed by atoms with Gasteiger partial charge in [-0.25, -0.2) is 0 Å². The highest BCUT2D eigenvalue weighted by molar-refractivity contribution is 5.96. The van der Waals surface area contributed by atoms with Gasteiger partial charge in [0.15, 0.2) is 23.0 Å². The molecule has 12 rings (SSSR count). The first-order chi connectivity index (χ1) is 28.7. The number of hydrogen-bond acceptors (Lipinski definition) is 3. The van der Waals surface area contributed by atoms with Crippen molar-refractivity contribution < 1.29 is 9.47 Å². The Balaban J connectivity index is 0.854. The molecule has 0 unspecified atom stereocenters. The second-order valence-electron chi connectivity index (χ2n) is 15.2. The second kappa shape index (κ2) is 12.7. The fourth-order valence-corrected chi connectivity index (χ4v) is 9.61. The second-order valence-corrected chi connectivity index (χ2v) is 15.2. The van der Waals surface area contributed by atoms with Crippen LogP contribution in [0.25, 0.3) is 44.5 Å². The lowest BCUT2D eigenvalue weighted by molar-refractivity contribution is 0.359. The van der Waals surface area contributed by atoms with Crippen LogP contribution in [-0.4, -0.2) is 0 Å². The molecule has 58 heavy (non-hydrogen) atoms. The maximum absolute atomic E-state index is 6.73. The summed E-state index contributed by atoms with van der Waals surface area (Å²) in [6.45, 7) is 0. The molecule has 0 atom stereocenters. The van der Waals surface area contributed by atoms with Crippen LogP contribution in [0, 0.1) is 0 Å². The molecule has 1 heterocycles. The summed E-state index contributed by atoms with van der Waals surface area (Å²) in [5, 5.41) is 0. The minimum atomic E-state index is -0.430. The molecule has 2 aliphatic carbocycles. The Hall–Kier alpha value is -7.62. The molecule has 3 heteroatoms. The molecule has 1 aliphatic heterocycles. The van der Waals surface area contributed by atoms with Crippen LogP contribution in [0.1, 0.15) is 22.3 Å². The van der Waals surface area contributed by atoms with Gasteiger partial charge in [-0.15, -0.1) is 0 Å². The largest absolute Gasteiger partial charge is 0.450 e. The van der Waals surface area contributed by atoms with Crippen molar-refractivity contribution in [2.45, 2.75) is 5.41 Å². The first-order valence-corrected chi connectivity index (χ1v) is 19.8. The van der Waals surface area contributed by atoms with E-state index in [2.05, 4.69) is 211 Å². The highest BCUT2D eigenvalue weighted by atomic mass is 16.6. The summed E-state index contributed by atoms with van der Waals surface area (Å²) >= 11 is 0. The van der Waals surface area contributed by atoms with Crippen LogP contribution in [0.4, 0.5) is 17.1 Å². The molecule has 0 N–H and O–H groups in total. The van der Waals surface area contributed by atoms with Crippen LogP contribution in [0.15, 0.2) is 212 Å². The first-order valence-electron chi connectivity index (χ1n) is 19.8. The molecule has 1 spiro atoms. The van der Waals surface area contributed by atoms with Crippen molar-refractivity contribution in [3.8, 4) is 67.5 Å². The molecule has 0 saturated carbocycles. The number of nitrogens with zero attached hydrogens (tertiary/aromatic N) is 1. The normalized spacial score (nSPS) is 13.2. The van der Waals surface area contributed by atoms with Crippen LogP contribution >= 0.6 is 0 Å². The fraction of sp³-hybridized carbons (Fsp3) is 0.0182. The van der Waals surface area contributed by atoms with Gasteiger partial charge in [0, 0.05) is 17.1 Å². The number of benzene rings is 9. The highest BCUT2D eigenvalue weighted by Gasteiger charge is 2.52. The zero-order valence-electron chi connectivity index (χ0n) is 31.5. The summed E-state index contributed by atoms with van der Waals surface area (Å²) in [6, 6.07) is 75.8. The van der Waals surface area contributed by atoms with Crippen molar-refractivity contribution in [3.63, 3.8) is 0 Å². The van der Waals surface area contributed by atoms with E-state index in [0.717, 1.165) is 50.8 Å². The highest BCUT2D eigenvalue weighted by Crippen LogP contribution is 2.64. The molecule has 272 valence electrons. The third-order valence-corrected chi connectivity index (χ3v) is 12.2. The minimum absolute atomic E-state index is 0.430. The van der Waals surface area contributed by atoms with Gasteiger partial charge in [0.1, 0.15) is 0 Å². The lowest BCUT2D eigenvalue weighted by Gasteiger charge is -2.31. The molecule has 0 amide bonds. The Morgan fingerprint density at radius 1 is 0.276 bits per heavy atom. The van der Waals surface area contributed by atoms with Crippen molar-refractivity contribution in [2.75, 3.05) is 4.90 Å². The zero-order valence-corrected chi connectivity index (χ0v) is 31.5. The third-order valence-electron chi connectivity index (χ3n) is 12.2.